The van der Waals surface area contributed by atoms with Crippen molar-refractivity contribution in [3.05, 3.63) is 23.3 Å². The zero-order valence-electron chi connectivity index (χ0n) is 12.4. The largest absolute Gasteiger partial charge is 0.511 e. The van der Waals surface area contributed by atoms with Gasteiger partial charge >= 0.3 is 6.16 Å². The average Bonchev–Trinajstić information content (AvgIpc) is 2.67. The van der Waals surface area contributed by atoms with Gasteiger partial charge in [-0.1, -0.05) is 27.7 Å². The van der Waals surface area contributed by atoms with Crippen molar-refractivity contribution in [2.45, 2.75) is 40.2 Å². The van der Waals surface area contributed by atoms with Crippen LogP contribution in [0.3, 0.4) is 0 Å². The lowest BCUT2D eigenvalue weighted by Gasteiger charge is -2.25. The fraction of sp³-hybridized carbons (Fsp3) is 0.643. The van der Waals surface area contributed by atoms with Gasteiger partial charge in [-0.25, -0.2) is 4.79 Å². The van der Waals surface area contributed by atoms with Gasteiger partial charge in [0.15, 0.2) is 0 Å². The minimum atomic E-state index is -1.30. The first-order valence-electron chi connectivity index (χ1n) is 6.84. The molecule has 0 bridgehead atoms. The number of carbonyl (C=O) groups is 1. The summed E-state index contributed by atoms with van der Waals surface area (Å²) in [6, 6.07) is 0.0256. The van der Waals surface area contributed by atoms with Gasteiger partial charge in [0.2, 0.25) is 5.88 Å². The van der Waals surface area contributed by atoms with Crippen LogP contribution >= 0.6 is 0 Å². The molecule has 0 aromatic rings. The standard InChI is InChI=1S/C14H22N2O4/c1-5-9-6-11(19-13(17)18)10-7-16(8-14(2,3)4)20-12(10)15-9/h6,9,15H,5,7-8H2,1-4H3,(H,17,18). The van der Waals surface area contributed by atoms with Gasteiger partial charge in [-0.15, -0.1) is 5.06 Å². The van der Waals surface area contributed by atoms with Gasteiger partial charge in [-0.3, -0.25) is 0 Å². The SMILES string of the molecule is CCC1C=C(OC(=O)O)C2=C(N1)ON(CC(C)(C)C)C2. The Morgan fingerprint density at radius 1 is 1.60 bits per heavy atom. The summed E-state index contributed by atoms with van der Waals surface area (Å²) in [5.74, 6) is 0.995. The van der Waals surface area contributed by atoms with Gasteiger partial charge in [0, 0.05) is 6.54 Å². The molecule has 2 heterocycles. The van der Waals surface area contributed by atoms with E-state index in [2.05, 4.69) is 26.1 Å². The minimum Gasteiger partial charge on any atom is -0.449 e. The third kappa shape index (κ3) is 3.45. The molecule has 1 atom stereocenters. The number of dihydropyridines is 1. The molecule has 2 rings (SSSR count). The smallest absolute Gasteiger partial charge is 0.449 e. The molecule has 0 aromatic carbocycles. The topological polar surface area (TPSA) is 71.0 Å². The number of hydrogen-bond acceptors (Lipinski definition) is 5. The molecule has 0 aliphatic carbocycles. The van der Waals surface area contributed by atoms with Crippen molar-refractivity contribution in [3.63, 3.8) is 0 Å². The molecule has 0 fully saturated rings. The van der Waals surface area contributed by atoms with Crippen LogP contribution in [0.1, 0.15) is 34.1 Å². The van der Waals surface area contributed by atoms with E-state index in [1.807, 2.05) is 12.0 Å². The van der Waals surface area contributed by atoms with E-state index in [4.69, 9.17) is 14.7 Å². The second-order valence-corrected chi connectivity index (χ2v) is 6.32. The number of nitrogens with one attached hydrogen (secondary N) is 1. The highest BCUT2D eigenvalue weighted by atomic mass is 16.7. The van der Waals surface area contributed by atoms with Gasteiger partial charge in [0.1, 0.15) is 5.76 Å². The van der Waals surface area contributed by atoms with Crippen LogP contribution in [0.4, 0.5) is 4.79 Å². The van der Waals surface area contributed by atoms with E-state index >= 15 is 0 Å². The summed E-state index contributed by atoms with van der Waals surface area (Å²) in [5, 5.41) is 13.9. The summed E-state index contributed by atoms with van der Waals surface area (Å²) >= 11 is 0. The maximum atomic E-state index is 10.8. The summed E-state index contributed by atoms with van der Waals surface area (Å²) < 4.78 is 4.89. The van der Waals surface area contributed by atoms with Crippen molar-refractivity contribution in [1.82, 2.24) is 10.4 Å². The Bertz CT molecular complexity index is 462. The molecule has 0 radical (unpaired) electrons. The predicted molar refractivity (Wildman–Crippen MR) is 73.5 cm³/mol. The Hall–Kier alpha value is -1.69. The van der Waals surface area contributed by atoms with Gasteiger partial charge in [-0.2, -0.15) is 0 Å². The number of hydrogen-bond donors (Lipinski definition) is 2. The monoisotopic (exact) mass is 282 g/mol. The van der Waals surface area contributed by atoms with Crippen molar-refractivity contribution in [3.8, 4) is 0 Å². The van der Waals surface area contributed by atoms with Crippen LogP contribution in [0, 0.1) is 5.41 Å². The molecule has 2 aliphatic rings. The molecule has 1 unspecified atom stereocenters. The zero-order valence-corrected chi connectivity index (χ0v) is 12.4. The Morgan fingerprint density at radius 2 is 2.30 bits per heavy atom. The first-order chi connectivity index (χ1) is 9.28. The van der Waals surface area contributed by atoms with E-state index in [0.717, 1.165) is 18.5 Å². The normalized spacial score (nSPS) is 22.8. The summed E-state index contributed by atoms with van der Waals surface area (Å²) in [6.07, 6.45) is 1.33. The highest BCUT2D eigenvalue weighted by Gasteiger charge is 2.34. The van der Waals surface area contributed by atoms with Gasteiger partial charge < -0.3 is 20.0 Å². The highest BCUT2D eigenvalue weighted by Crippen LogP contribution is 2.31. The maximum Gasteiger partial charge on any atom is 0.511 e. The Kier molecular flexibility index (Phi) is 3.94. The number of rotatable bonds is 3. The van der Waals surface area contributed by atoms with Crippen LogP contribution in [-0.2, 0) is 9.57 Å². The lowest BCUT2D eigenvalue weighted by Crippen LogP contribution is -2.33. The van der Waals surface area contributed by atoms with Crippen molar-refractivity contribution in [2.75, 3.05) is 13.1 Å². The summed E-state index contributed by atoms with van der Waals surface area (Å²) in [5.41, 5.74) is 0.859. The first kappa shape index (κ1) is 14.7. The number of hydroxylamine groups is 2. The molecular weight excluding hydrogens is 260 g/mol. The number of carboxylic acid groups (broad SMARTS) is 1. The summed E-state index contributed by atoms with van der Waals surface area (Å²) in [7, 11) is 0. The lowest BCUT2D eigenvalue weighted by atomic mass is 9.96. The van der Waals surface area contributed by atoms with Gasteiger partial charge in [0.25, 0.3) is 0 Å². The molecular formula is C14H22N2O4. The summed E-state index contributed by atoms with van der Waals surface area (Å²) in [4.78, 5) is 16.6. The molecule has 112 valence electrons. The van der Waals surface area contributed by atoms with Crippen LogP contribution in [0.5, 0.6) is 0 Å². The second-order valence-electron chi connectivity index (χ2n) is 6.32. The van der Waals surface area contributed by atoms with E-state index in [0.29, 0.717) is 18.2 Å². The minimum absolute atomic E-state index is 0.0256. The molecule has 0 amide bonds. The Morgan fingerprint density at radius 3 is 2.85 bits per heavy atom. The fourth-order valence-electron chi connectivity index (χ4n) is 2.29. The van der Waals surface area contributed by atoms with Crippen molar-refractivity contribution < 1.29 is 19.5 Å². The second kappa shape index (κ2) is 5.36. The van der Waals surface area contributed by atoms with Crippen molar-refractivity contribution in [1.29, 1.82) is 0 Å². The maximum absolute atomic E-state index is 10.8. The molecule has 0 saturated heterocycles. The van der Waals surface area contributed by atoms with E-state index in [1.165, 1.54) is 0 Å². The van der Waals surface area contributed by atoms with E-state index in [9.17, 15) is 4.79 Å². The molecule has 0 saturated carbocycles. The first-order valence-corrected chi connectivity index (χ1v) is 6.84. The predicted octanol–water partition coefficient (Wildman–Crippen LogP) is 2.45. The Labute approximate surface area is 119 Å². The molecule has 2 aliphatic heterocycles. The Balaban J connectivity index is 2.13. The molecule has 20 heavy (non-hydrogen) atoms. The van der Waals surface area contributed by atoms with Crippen LogP contribution in [0.25, 0.3) is 0 Å². The van der Waals surface area contributed by atoms with E-state index < -0.39 is 6.16 Å². The third-order valence-electron chi connectivity index (χ3n) is 3.08. The fourth-order valence-corrected chi connectivity index (χ4v) is 2.29. The number of nitrogens with zero attached hydrogens (tertiary/aromatic N) is 1. The average molecular weight is 282 g/mol. The van der Waals surface area contributed by atoms with Crippen LogP contribution < -0.4 is 5.32 Å². The molecule has 2 N–H and O–H groups in total. The highest BCUT2D eigenvalue weighted by molar-refractivity contribution is 5.60. The number of ether oxygens (including phenoxy) is 1. The van der Waals surface area contributed by atoms with Crippen LogP contribution in [0.2, 0.25) is 0 Å². The van der Waals surface area contributed by atoms with Crippen LogP contribution in [0.15, 0.2) is 23.3 Å². The lowest BCUT2D eigenvalue weighted by molar-refractivity contribution is -0.115. The van der Waals surface area contributed by atoms with E-state index in [1.54, 1.807) is 6.08 Å². The zero-order chi connectivity index (χ0) is 14.9. The van der Waals surface area contributed by atoms with Crippen LogP contribution in [-0.4, -0.2) is 35.5 Å². The molecule has 6 nitrogen and oxygen atoms in total. The molecule has 0 spiro atoms. The van der Waals surface area contributed by atoms with Gasteiger partial charge in [0.05, 0.1) is 18.2 Å². The van der Waals surface area contributed by atoms with Gasteiger partial charge in [-0.05, 0) is 17.9 Å². The molecule has 0 aromatic heterocycles. The molecule has 6 heteroatoms. The summed E-state index contributed by atoms with van der Waals surface area (Å²) in [6.45, 7) is 9.66. The quantitative estimate of drug-likeness (QED) is 0.775. The third-order valence-corrected chi connectivity index (χ3v) is 3.08. The van der Waals surface area contributed by atoms with E-state index in [-0.39, 0.29) is 11.5 Å². The van der Waals surface area contributed by atoms with Crippen molar-refractivity contribution >= 4 is 6.16 Å². The van der Waals surface area contributed by atoms with Crippen molar-refractivity contribution in [2.24, 2.45) is 5.41 Å².